The number of hydrogen-bond donors (Lipinski definition) is 0. The van der Waals surface area contributed by atoms with Crippen LogP contribution in [0.5, 0.6) is 5.75 Å². The van der Waals surface area contributed by atoms with Crippen molar-refractivity contribution in [1.82, 2.24) is 4.90 Å². The summed E-state index contributed by atoms with van der Waals surface area (Å²) in [6, 6.07) is 14.9. The number of carbonyl (C=O) groups is 1. The number of anilines is 1. The quantitative estimate of drug-likeness (QED) is 0.773. The second-order valence-corrected chi connectivity index (χ2v) is 8.85. The van der Waals surface area contributed by atoms with Gasteiger partial charge in [0.2, 0.25) is 5.91 Å². The molecule has 0 aromatic heterocycles. The fraction of sp³-hybridized carbons (Fsp3) is 0.458. The lowest BCUT2D eigenvalue weighted by molar-refractivity contribution is -0.132. The predicted molar refractivity (Wildman–Crippen MR) is 113 cm³/mol. The molecule has 2 heterocycles. The van der Waals surface area contributed by atoms with Gasteiger partial charge in [-0.05, 0) is 68.5 Å². The van der Waals surface area contributed by atoms with Crippen molar-refractivity contribution in [2.75, 3.05) is 25.1 Å². The highest BCUT2D eigenvalue weighted by Crippen LogP contribution is 2.44. The first-order chi connectivity index (χ1) is 13.9. The van der Waals surface area contributed by atoms with Crippen molar-refractivity contribution in [3.8, 4) is 5.75 Å². The normalized spacial score (nSPS) is 23.0. The van der Waals surface area contributed by atoms with Crippen molar-refractivity contribution in [2.45, 2.75) is 44.7 Å². The van der Waals surface area contributed by atoms with Gasteiger partial charge in [-0.25, -0.2) is 4.39 Å². The van der Waals surface area contributed by atoms with E-state index in [0.29, 0.717) is 18.4 Å². The number of likely N-dealkylation sites (tertiary alicyclic amines) is 1. The minimum Gasteiger partial charge on any atom is -0.497 e. The number of piperidine rings is 1. The first-order valence-electron chi connectivity index (χ1n) is 10.3. The third-order valence-corrected chi connectivity index (χ3v) is 6.37. The molecule has 0 N–H and O–H groups in total. The van der Waals surface area contributed by atoms with Crippen molar-refractivity contribution in [1.29, 1.82) is 0 Å². The maximum Gasteiger partial charge on any atom is 0.227 e. The lowest BCUT2D eigenvalue weighted by Crippen LogP contribution is -2.50. The van der Waals surface area contributed by atoms with E-state index in [4.69, 9.17) is 4.74 Å². The largest absolute Gasteiger partial charge is 0.497 e. The molecule has 0 saturated carbocycles. The van der Waals surface area contributed by atoms with E-state index in [0.717, 1.165) is 42.9 Å². The maximum atomic E-state index is 13.8. The fourth-order valence-corrected chi connectivity index (χ4v) is 5.21. The topological polar surface area (TPSA) is 32.8 Å². The molecule has 0 bridgehead atoms. The Kier molecular flexibility index (Phi) is 5.24. The summed E-state index contributed by atoms with van der Waals surface area (Å²) in [4.78, 5) is 17.3. The highest BCUT2D eigenvalue weighted by atomic mass is 19.1. The summed E-state index contributed by atoms with van der Waals surface area (Å²) in [5.74, 6) is 1.14. The van der Waals surface area contributed by atoms with Crippen molar-refractivity contribution in [2.24, 2.45) is 5.92 Å². The molecule has 5 heteroatoms. The van der Waals surface area contributed by atoms with Crippen LogP contribution in [0.2, 0.25) is 0 Å². The molecule has 0 unspecified atom stereocenters. The Labute approximate surface area is 172 Å². The van der Waals surface area contributed by atoms with Gasteiger partial charge in [0.25, 0.3) is 0 Å². The number of ether oxygens (including phenoxy) is 1. The van der Waals surface area contributed by atoms with Gasteiger partial charge in [0, 0.05) is 30.4 Å². The van der Waals surface area contributed by atoms with Crippen LogP contribution in [0.25, 0.3) is 0 Å². The van der Waals surface area contributed by atoms with Gasteiger partial charge in [-0.2, -0.15) is 0 Å². The first-order valence-corrected chi connectivity index (χ1v) is 10.3. The van der Waals surface area contributed by atoms with E-state index in [-0.39, 0.29) is 17.3 Å². The zero-order valence-corrected chi connectivity index (χ0v) is 17.4. The van der Waals surface area contributed by atoms with Gasteiger partial charge in [-0.1, -0.05) is 18.2 Å². The summed E-state index contributed by atoms with van der Waals surface area (Å²) in [5, 5.41) is 0. The van der Waals surface area contributed by atoms with Crippen molar-refractivity contribution in [3.63, 3.8) is 0 Å². The summed E-state index contributed by atoms with van der Waals surface area (Å²) in [6.45, 7) is 5.95. The molecule has 154 valence electrons. The van der Waals surface area contributed by atoms with Crippen LogP contribution < -0.4 is 9.64 Å². The van der Waals surface area contributed by atoms with E-state index in [9.17, 15) is 9.18 Å². The van der Waals surface area contributed by atoms with Gasteiger partial charge in [0.05, 0.1) is 13.5 Å². The molecule has 2 aromatic rings. The van der Waals surface area contributed by atoms with Gasteiger partial charge in [0.15, 0.2) is 0 Å². The maximum absolute atomic E-state index is 13.8. The van der Waals surface area contributed by atoms with Crippen molar-refractivity contribution >= 4 is 11.6 Å². The lowest BCUT2D eigenvalue weighted by atomic mass is 9.89. The number of amides is 1. The Bertz CT molecular complexity index is 898. The van der Waals surface area contributed by atoms with Gasteiger partial charge in [0.1, 0.15) is 11.6 Å². The van der Waals surface area contributed by atoms with Gasteiger partial charge in [-0.3, -0.25) is 4.79 Å². The number of nitrogens with zero attached hydrogens (tertiary/aromatic N) is 2. The van der Waals surface area contributed by atoms with Crippen LogP contribution in [0.3, 0.4) is 0 Å². The van der Waals surface area contributed by atoms with E-state index < -0.39 is 0 Å². The standard InChI is InChI=1S/C24H29FN2O2/c1-24(2)15-18-16-26(23(28)13-17-6-4-9-21(12-17)29-3)11-10-22(18)27(24)20-8-5-7-19(25)14-20/h4-9,12,14,18,22H,10-11,13,15-16H2,1-3H3/t18-,22+/m1/s1. The molecule has 4 rings (SSSR count). The van der Waals surface area contributed by atoms with Crippen LogP contribution in [0, 0.1) is 11.7 Å². The number of benzene rings is 2. The van der Waals surface area contributed by atoms with Crippen LogP contribution in [0.15, 0.2) is 48.5 Å². The van der Waals surface area contributed by atoms with E-state index >= 15 is 0 Å². The Balaban J connectivity index is 1.47. The number of methoxy groups -OCH3 is 1. The Hall–Kier alpha value is -2.56. The zero-order valence-electron chi connectivity index (χ0n) is 17.4. The average molecular weight is 397 g/mol. The van der Waals surface area contributed by atoms with Crippen molar-refractivity contribution < 1.29 is 13.9 Å². The highest BCUT2D eigenvalue weighted by molar-refractivity contribution is 5.79. The first kappa shape index (κ1) is 19.7. The summed E-state index contributed by atoms with van der Waals surface area (Å²) in [6.07, 6.45) is 2.30. The number of hydrogen-bond acceptors (Lipinski definition) is 3. The van der Waals surface area contributed by atoms with Crippen LogP contribution in [-0.2, 0) is 11.2 Å². The number of rotatable bonds is 4. The van der Waals surface area contributed by atoms with Crippen LogP contribution in [0.1, 0.15) is 32.3 Å². The second-order valence-electron chi connectivity index (χ2n) is 8.85. The van der Waals surface area contributed by atoms with E-state index in [1.54, 1.807) is 19.2 Å². The van der Waals surface area contributed by atoms with E-state index in [2.05, 4.69) is 18.7 Å². The molecular formula is C24H29FN2O2. The Morgan fingerprint density at radius 1 is 1.21 bits per heavy atom. The SMILES string of the molecule is COc1cccc(CC(=O)N2CC[C@H]3[C@@H](C2)CC(C)(C)N3c2cccc(F)c2)c1. The monoisotopic (exact) mass is 396 g/mol. The molecule has 1 amide bonds. The summed E-state index contributed by atoms with van der Waals surface area (Å²) < 4.78 is 19.1. The third kappa shape index (κ3) is 3.96. The van der Waals surface area contributed by atoms with Crippen LogP contribution in [-0.4, -0.2) is 42.6 Å². The fourth-order valence-electron chi connectivity index (χ4n) is 5.21. The van der Waals surface area contributed by atoms with Crippen LogP contribution >= 0.6 is 0 Å². The second kappa shape index (κ2) is 7.69. The smallest absolute Gasteiger partial charge is 0.227 e. The Morgan fingerprint density at radius 3 is 2.76 bits per heavy atom. The summed E-state index contributed by atoms with van der Waals surface area (Å²) >= 11 is 0. The Morgan fingerprint density at radius 2 is 2.00 bits per heavy atom. The average Bonchev–Trinajstić information content (AvgIpc) is 2.96. The van der Waals surface area contributed by atoms with Gasteiger partial charge < -0.3 is 14.5 Å². The number of fused-ring (bicyclic) bond motifs is 1. The molecule has 0 radical (unpaired) electrons. The van der Waals surface area contributed by atoms with Gasteiger partial charge >= 0.3 is 0 Å². The number of halogens is 1. The van der Waals surface area contributed by atoms with Crippen LogP contribution in [0.4, 0.5) is 10.1 Å². The molecule has 2 aromatic carbocycles. The zero-order chi connectivity index (χ0) is 20.6. The summed E-state index contributed by atoms with van der Waals surface area (Å²) in [7, 11) is 1.64. The lowest BCUT2D eigenvalue weighted by Gasteiger charge is -2.42. The molecule has 2 fully saturated rings. The van der Waals surface area contributed by atoms with E-state index in [1.807, 2.05) is 35.2 Å². The molecular weight excluding hydrogens is 367 g/mol. The molecule has 4 nitrogen and oxygen atoms in total. The molecule has 29 heavy (non-hydrogen) atoms. The third-order valence-electron chi connectivity index (χ3n) is 6.37. The molecule has 0 aliphatic carbocycles. The van der Waals surface area contributed by atoms with Crippen molar-refractivity contribution in [3.05, 3.63) is 59.9 Å². The van der Waals surface area contributed by atoms with E-state index in [1.165, 1.54) is 6.07 Å². The minimum atomic E-state index is -0.201. The molecule has 0 spiro atoms. The summed E-state index contributed by atoms with van der Waals surface area (Å²) in [5.41, 5.74) is 1.86. The highest BCUT2D eigenvalue weighted by Gasteiger charge is 2.48. The molecule has 2 saturated heterocycles. The number of carbonyl (C=O) groups excluding carboxylic acids is 1. The molecule has 2 atom stereocenters. The molecule has 2 aliphatic rings. The molecule has 2 aliphatic heterocycles. The van der Waals surface area contributed by atoms with Gasteiger partial charge in [-0.15, -0.1) is 0 Å². The predicted octanol–water partition coefficient (Wildman–Crippen LogP) is 4.28. The minimum absolute atomic E-state index is 0.0605.